The van der Waals surface area contributed by atoms with E-state index in [1.54, 1.807) is 24.0 Å². The molecule has 2 aromatic carbocycles. The maximum Gasteiger partial charge on any atom is 0.247 e. The molecule has 2 aliphatic rings. The summed E-state index contributed by atoms with van der Waals surface area (Å²) >= 11 is 5.96. The molecule has 0 fully saturated rings. The third kappa shape index (κ3) is 5.19. The zero-order chi connectivity index (χ0) is 28.6. The molecule has 0 spiro atoms. The molecule has 0 saturated heterocycles. The van der Waals surface area contributed by atoms with Crippen LogP contribution in [0.15, 0.2) is 48.7 Å². The highest BCUT2D eigenvalue weighted by atomic mass is 35.5. The molecule has 40 heavy (non-hydrogen) atoms. The van der Waals surface area contributed by atoms with Crippen molar-refractivity contribution < 1.29 is 22.8 Å². The molecular formula is C30H24ClF3N4O2. The molecule has 1 aromatic heterocycles. The smallest absolute Gasteiger partial charge is 0.247 e. The van der Waals surface area contributed by atoms with E-state index in [4.69, 9.17) is 11.6 Å². The van der Waals surface area contributed by atoms with Gasteiger partial charge in [0.15, 0.2) is 17.5 Å². The normalized spacial score (nSPS) is 19.5. The molecule has 5 rings (SSSR count). The highest BCUT2D eigenvalue weighted by Gasteiger charge is 2.31. The number of nitriles is 1. The van der Waals surface area contributed by atoms with Crippen molar-refractivity contribution in [1.82, 2.24) is 9.88 Å². The van der Waals surface area contributed by atoms with Crippen molar-refractivity contribution in [3.8, 4) is 17.2 Å². The van der Waals surface area contributed by atoms with Gasteiger partial charge in [-0.05, 0) is 60.7 Å². The van der Waals surface area contributed by atoms with E-state index in [9.17, 15) is 28.0 Å². The predicted molar refractivity (Wildman–Crippen MR) is 144 cm³/mol. The minimum Gasteiger partial charge on any atom is -0.330 e. The van der Waals surface area contributed by atoms with Crippen molar-refractivity contribution in [2.45, 2.75) is 38.6 Å². The number of hydrogen-bond donors (Lipinski definition) is 1. The average molecular weight is 565 g/mol. The van der Waals surface area contributed by atoms with Gasteiger partial charge in [0.05, 0.1) is 34.1 Å². The topological polar surface area (TPSA) is 86.1 Å². The first-order valence-electron chi connectivity index (χ1n) is 12.8. The Bertz CT molecular complexity index is 1600. The average Bonchev–Trinajstić information content (AvgIpc) is 2.94. The van der Waals surface area contributed by atoms with E-state index in [2.05, 4.69) is 10.3 Å². The van der Waals surface area contributed by atoms with Crippen LogP contribution in [0.2, 0.25) is 5.02 Å². The number of nitrogens with one attached hydrogen (secondary N) is 1. The number of aromatic nitrogens is 1. The van der Waals surface area contributed by atoms with Gasteiger partial charge in [0.25, 0.3) is 0 Å². The number of anilines is 1. The second kappa shape index (κ2) is 11.1. The molecule has 1 N–H and O–H groups in total. The molecule has 2 bridgehead atoms. The number of carbonyl (C=O) groups is 2. The second-order valence-corrected chi connectivity index (χ2v) is 10.4. The first kappa shape index (κ1) is 27.4. The Morgan fingerprint density at radius 1 is 1.10 bits per heavy atom. The molecule has 2 amide bonds. The van der Waals surface area contributed by atoms with Crippen molar-refractivity contribution >= 4 is 34.7 Å². The molecular weight excluding hydrogens is 541 g/mol. The summed E-state index contributed by atoms with van der Waals surface area (Å²) in [7, 11) is 0. The van der Waals surface area contributed by atoms with Gasteiger partial charge in [-0.3, -0.25) is 14.6 Å². The zero-order valence-electron chi connectivity index (χ0n) is 21.5. The molecule has 0 aliphatic carbocycles. The van der Waals surface area contributed by atoms with E-state index in [-0.39, 0.29) is 52.2 Å². The van der Waals surface area contributed by atoms with Crippen LogP contribution in [0.3, 0.4) is 0 Å². The summed E-state index contributed by atoms with van der Waals surface area (Å²) in [6.07, 6.45) is 4.68. The fraction of sp³-hybridized carbons (Fsp3) is 0.267. The fourth-order valence-electron chi connectivity index (χ4n) is 5.27. The van der Waals surface area contributed by atoms with Gasteiger partial charge in [0.1, 0.15) is 0 Å². The molecule has 2 aliphatic heterocycles. The van der Waals surface area contributed by atoms with Crippen LogP contribution in [-0.2, 0) is 9.59 Å². The molecule has 2 unspecified atom stereocenters. The number of halogens is 4. The van der Waals surface area contributed by atoms with Crippen LogP contribution in [0.25, 0.3) is 16.7 Å². The Labute approximate surface area is 234 Å². The van der Waals surface area contributed by atoms with Crippen LogP contribution < -0.4 is 5.32 Å². The molecule has 204 valence electrons. The highest BCUT2D eigenvalue weighted by molar-refractivity contribution is 6.31. The lowest BCUT2D eigenvalue weighted by Crippen LogP contribution is -2.38. The lowest BCUT2D eigenvalue weighted by Gasteiger charge is -2.34. The second-order valence-electron chi connectivity index (χ2n) is 9.97. The molecule has 3 aromatic rings. The number of hydrogen-bond acceptors (Lipinski definition) is 4. The van der Waals surface area contributed by atoms with Gasteiger partial charge in [-0.15, -0.1) is 0 Å². The van der Waals surface area contributed by atoms with E-state index in [1.807, 2.05) is 6.07 Å². The summed E-state index contributed by atoms with van der Waals surface area (Å²) in [5.41, 5.74) is 1.96. The summed E-state index contributed by atoms with van der Waals surface area (Å²) in [6, 6.07) is 9.51. The minimum atomic E-state index is -1.08. The van der Waals surface area contributed by atoms with Crippen molar-refractivity contribution in [2.24, 2.45) is 5.92 Å². The third-order valence-electron chi connectivity index (χ3n) is 7.43. The van der Waals surface area contributed by atoms with E-state index in [1.165, 1.54) is 24.4 Å². The number of carbonyl (C=O) groups excluding carboxylic acids is 2. The van der Waals surface area contributed by atoms with Crippen LogP contribution in [0.1, 0.15) is 55.5 Å². The van der Waals surface area contributed by atoms with Crippen molar-refractivity contribution in [3.05, 3.63) is 88.0 Å². The van der Waals surface area contributed by atoms with Crippen LogP contribution in [0.4, 0.5) is 18.9 Å². The fourth-order valence-corrected chi connectivity index (χ4v) is 5.43. The molecule has 10 heteroatoms. The molecule has 0 saturated carbocycles. The third-order valence-corrected chi connectivity index (χ3v) is 7.72. The Balaban J connectivity index is 1.56. The number of pyridine rings is 1. The largest absolute Gasteiger partial charge is 0.330 e. The van der Waals surface area contributed by atoms with Gasteiger partial charge in [-0.1, -0.05) is 24.9 Å². The zero-order valence-corrected chi connectivity index (χ0v) is 22.2. The van der Waals surface area contributed by atoms with Crippen LogP contribution in [0, 0.1) is 34.7 Å². The van der Waals surface area contributed by atoms with Crippen LogP contribution in [-0.4, -0.2) is 28.2 Å². The van der Waals surface area contributed by atoms with E-state index in [0.29, 0.717) is 36.1 Å². The van der Waals surface area contributed by atoms with Gasteiger partial charge in [-0.2, -0.15) is 5.26 Å². The van der Waals surface area contributed by atoms with Crippen molar-refractivity contribution in [2.75, 3.05) is 11.9 Å². The Hall–Kier alpha value is -4.16. The predicted octanol–water partition coefficient (Wildman–Crippen LogP) is 6.81. The Kier molecular flexibility index (Phi) is 7.63. The quantitative estimate of drug-likeness (QED) is 0.371. The van der Waals surface area contributed by atoms with E-state index >= 15 is 0 Å². The molecule has 2 atom stereocenters. The molecule has 6 nitrogen and oxygen atoms in total. The lowest BCUT2D eigenvalue weighted by molar-refractivity contribution is -0.129. The van der Waals surface area contributed by atoms with Gasteiger partial charge >= 0.3 is 0 Å². The Morgan fingerprint density at radius 3 is 2.62 bits per heavy atom. The summed E-state index contributed by atoms with van der Waals surface area (Å²) in [4.78, 5) is 32.5. The first-order chi connectivity index (χ1) is 19.2. The Morgan fingerprint density at radius 2 is 1.88 bits per heavy atom. The maximum atomic E-state index is 14.9. The number of nitrogens with zero attached hydrogens (tertiary/aromatic N) is 3. The minimum absolute atomic E-state index is 0.0208. The summed E-state index contributed by atoms with van der Waals surface area (Å²) in [5, 5.41) is 12.1. The first-order valence-corrected chi connectivity index (χ1v) is 13.2. The highest BCUT2D eigenvalue weighted by Crippen LogP contribution is 2.38. The standard InChI is InChI=1S/C30H24ClF3N4O2/c1-16-3-2-4-26(38-10-8-18(12-27(38)39)28-19(15-35)5-6-21(31)29(28)34)25-11-17(7-9-36-25)20-13-22(32)23(33)14-24(20)37-30(16)40/h5-7,9,11-14,16,26H,2-4,8,10H2,1H3,(H,37,40). The molecule has 0 radical (unpaired) electrons. The SMILES string of the molecule is CC1CCCC(N2CCC(c3c(C#N)ccc(Cl)c3F)=CC2=O)c2cc(ccn2)-c2cc(F)c(F)cc2NC1=O. The van der Waals surface area contributed by atoms with Crippen LogP contribution in [0.5, 0.6) is 0 Å². The monoisotopic (exact) mass is 564 g/mol. The number of amides is 2. The van der Waals surface area contributed by atoms with E-state index in [0.717, 1.165) is 12.1 Å². The number of rotatable bonds is 2. The van der Waals surface area contributed by atoms with Crippen LogP contribution >= 0.6 is 11.6 Å². The van der Waals surface area contributed by atoms with Gasteiger partial charge in [-0.25, -0.2) is 13.2 Å². The lowest BCUT2D eigenvalue weighted by atomic mass is 9.91. The summed E-state index contributed by atoms with van der Waals surface area (Å²) < 4.78 is 43.3. The number of fused-ring (bicyclic) bond motifs is 4. The summed E-state index contributed by atoms with van der Waals surface area (Å²) in [6.45, 7) is 1.98. The van der Waals surface area contributed by atoms with Gasteiger partial charge in [0, 0.05) is 41.9 Å². The van der Waals surface area contributed by atoms with Crippen molar-refractivity contribution in [3.63, 3.8) is 0 Å². The van der Waals surface area contributed by atoms with Crippen molar-refractivity contribution in [1.29, 1.82) is 5.26 Å². The van der Waals surface area contributed by atoms with Gasteiger partial charge < -0.3 is 10.2 Å². The van der Waals surface area contributed by atoms with Gasteiger partial charge in [0.2, 0.25) is 11.8 Å². The van der Waals surface area contributed by atoms with E-state index < -0.39 is 29.4 Å². The maximum absolute atomic E-state index is 14.9. The number of benzene rings is 2. The summed E-state index contributed by atoms with van der Waals surface area (Å²) in [5.74, 6) is -4.01. The molecule has 3 heterocycles.